The van der Waals surface area contributed by atoms with Crippen molar-refractivity contribution in [3.8, 4) is 0 Å². The Morgan fingerprint density at radius 3 is 2.66 bits per heavy atom. The molecule has 2 fully saturated rings. The first-order valence-electron chi connectivity index (χ1n) is 9.60. The number of amides is 4. The molecular weight excluding hydrogens is 394 g/mol. The fourth-order valence-electron chi connectivity index (χ4n) is 4.28. The Balaban J connectivity index is 1.58. The summed E-state index contributed by atoms with van der Waals surface area (Å²) in [4.78, 5) is 39.8. The summed E-state index contributed by atoms with van der Waals surface area (Å²) in [5.41, 5.74) is -0.0981. The van der Waals surface area contributed by atoms with Gasteiger partial charge >= 0.3 is 6.03 Å². The largest absolute Gasteiger partial charge is 0.360 e. The third-order valence-electron chi connectivity index (χ3n) is 5.58. The summed E-state index contributed by atoms with van der Waals surface area (Å²) >= 11 is 6.20. The van der Waals surface area contributed by atoms with E-state index in [2.05, 4.69) is 10.6 Å². The van der Waals surface area contributed by atoms with Gasteiger partial charge in [0.1, 0.15) is 5.60 Å². The van der Waals surface area contributed by atoms with Gasteiger partial charge in [0.15, 0.2) is 0 Å². The fraction of sp³-hybridized carbons (Fsp3) is 0.476. The number of imide groups is 1. The van der Waals surface area contributed by atoms with Crippen molar-refractivity contribution in [2.75, 3.05) is 11.4 Å². The van der Waals surface area contributed by atoms with Crippen molar-refractivity contribution < 1.29 is 19.1 Å². The lowest BCUT2D eigenvalue weighted by molar-refractivity contribution is -0.126. The number of carbonyl (C=O) groups excluding carboxylic acids is 3. The van der Waals surface area contributed by atoms with Gasteiger partial charge < -0.3 is 15.4 Å². The molecule has 154 valence electrons. The molecule has 2 N–H and O–H groups in total. The van der Waals surface area contributed by atoms with E-state index in [4.69, 9.17) is 16.3 Å². The molecule has 3 aliphatic rings. The Hall–Kier alpha value is -2.38. The minimum atomic E-state index is -1.03. The zero-order valence-corrected chi connectivity index (χ0v) is 17.5. The molecule has 0 unspecified atom stereocenters. The van der Waals surface area contributed by atoms with E-state index in [0.29, 0.717) is 10.7 Å². The van der Waals surface area contributed by atoms with Crippen molar-refractivity contribution in [2.45, 2.75) is 44.9 Å². The number of halogens is 1. The molecule has 4 atom stereocenters. The van der Waals surface area contributed by atoms with Gasteiger partial charge in [-0.05, 0) is 45.4 Å². The smallest absolute Gasteiger partial charge is 0.315 e. The van der Waals surface area contributed by atoms with Crippen molar-refractivity contribution in [3.63, 3.8) is 0 Å². The van der Waals surface area contributed by atoms with Gasteiger partial charge in [-0.1, -0.05) is 29.8 Å². The average Bonchev–Trinajstić information content (AvgIpc) is 3.25. The minimum absolute atomic E-state index is 0.102. The maximum absolute atomic E-state index is 13.3. The van der Waals surface area contributed by atoms with Crippen molar-refractivity contribution in [3.05, 3.63) is 40.9 Å². The third-order valence-corrected chi connectivity index (χ3v) is 5.99. The second-order valence-electron chi connectivity index (χ2n) is 8.90. The van der Waals surface area contributed by atoms with Crippen LogP contribution in [-0.2, 0) is 14.3 Å². The Morgan fingerprint density at radius 1 is 1.28 bits per heavy atom. The van der Waals surface area contributed by atoms with Gasteiger partial charge in [0.25, 0.3) is 0 Å². The highest BCUT2D eigenvalue weighted by Crippen LogP contribution is 2.52. The van der Waals surface area contributed by atoms with E-state index in [9.17, 15) is 14.4 Å². The maximum Gasteiger partial charge on any atom is 0.315 e. The zero-order valence-electron chi connectivity index (χ0n) is 16.8. The molecule has 4 rings (SSSR count). The summed E-state index contributed by atoms with van der Waals surface area (Å²) in [6.07, 6.45) is 3.13. The molecule has 2 bridgehead atoms. The summed E-state index contributed by atoms with van der Waals surface area (Å²) in [7, 11) is 0. The number of hydrogen-bond donors (Lipinski definition) is 2. The van der Waals surface area contributed by atoms with Crippen LogP contribution in [0.2, 0.25) is 5.02 Å². The number of carbonyl (C=O) groups is 3. The maximum atomic E-state index is 13.3. The molecule has 1 aromatic rings. The molecule has 29 heavy (non-hydrogen) atoms. The number of ether oxygens (including phenoxy) is 1. The molecular formula is C21H24ClN3O4. The van der Waals surface area contributed by atoms with Crippen LogP contribution in [0.1, 0.15) is 26.3 Å². The van der Waals surface area contributed by atoms with Crippen molar-refractivity contribution in [1.82, 2.24) is 10.6 Å². The van der Waals surface area contributed by atoms with Crippen LogP contribution in [0.15, 0.2) is 30.4 Å². The van der Waals surface area contributed by atoms with Crippen molar-refractivity contribution in [2.24, 2.45) is 11.8 Å². The molecule has 0 spiro atoms. The van der Waals surface area contributed by atoms with Crippen LogP contribution in [0, 0.1) is 18.8 Å². The average molecular weight is 418 g/mol. The summed E-state index contributed by atoms with van der Waals surface area (Å²) < 4.78 is 6.03. The summed E-state index contributed by atoms with van der Waals surface area (Å²) in [6, 6.07) is 4.78. The number of aryl methyl sites for hydroxylation is 1. The highest BCUT2D eigenvalue weighted by Gasteiger charge is 2.67. The topological polar surface area (TPSA) is 87.7 Å². The van der Waals surface area contributed by atoms with Gasteiger partial charge in [0.2, 0.25) is 11.8 Å². The van der Waals surface area contributed by atoms with E-state index in [0.717, 1.165) is 5.56 Å². The van der Waals surface area contributed by atoms with Crippen LogP contribution in [0.25, 0.3) is 0 Å². The SMILES string of the molecule is Cc1ccc(N2C(=O)[C@H]3[C@@H](C2=O)[C@@]2(CNC(=O)NC(C)(C)C)C=C[C@H]3O2)cc1Cl. The van der Waals surface area contributed by atoms with Crippen LogP contribution < -0.4 is 15.5 Å². The van der Waals surface area contributed by atoms with Crippen molar-refractivity contribution in [1.29, 1.82) is 0 Å². The number of hydrogen-bond acceptors (Lipinski definition) is 4. The number of rotatable bonds is 3. The Kier molecular flexibility index (Phi) is 4.51. The summed E-state index contributed by atoms with van der Waals surface area (Å²) in [6.45, 7) is 7.59. The molecule has 0 radical (unpaired) electrons. The van der Waals surface area contributed by atoms with Crippen molar-refractivity contribution >= 4 is 35.1 Å². The van der Waals surface area contributed by atoms with E-state index in [-0.39, 0.29) is 24.4 Å². The van der Waals surface area contributed by atoms with Crippen LogP contribution in [0.4, 0.5) is 10.5 Å². The third kappa shape index (κ3) is 3.22. The predicted molar refractivity (Wildman–Crippen MR) is 109 cm³/mol. The lowest BCUT2D eigenvalue weighted by Gasteiger charge is -2.30. The first-order chi connectivity index (χ1) is 13.5. The Bertz CT molecular complexity index is 938. The second-order valence-corrected chi connectivity index (χ2v) is 9.31. The molecule has 8 heteroatoms. The lowest BCUT2D eigenvalue weighted by atomic mass is 9.77. The number of benzene rings is 1. The van der Waals surface area contributed by atoms with Crippen LogP contribution in [0.5, 0.6) is 0 Å². The van der Waals surface area contributed by atoms with Crippen LogP contribution in [-0.4, -0.2) is 41.6 Å². The van der Waals surface area contributed by atoms with Crippen LogP contribution >= 0.6 is 11.6 Å². The number of nitrogens with zero attached hydrogens (tertiary/aromatic N) is 1. The van der Waals surface area contributed by atoms with E-state index in [1.807, 2.05) is 27.7 Å². The lowest BCUT2D eigenvalue weighted by Crippen LogP contribution is -2.53. The predicted octanol–water partition coefficient (Wildman–Crippen LogP) is 2.56. The summed E-state index contributed by atoms with van der Waals surface area (Å²) in [5, 5.41) is 6.10. The highest BCUT2D eigenvalue weighted by atomic mass is 35.5. The Morgan fingerprint density at radius 2 is 2.00 bits per heavy atom. The molecule has 4 amide bonds. The van der Waals surface area contributed by atoms with Gasteiger partial charge in [-0.15, -0.1) is 0 Å². The van der Waals surface area contributed by atoms with Gasteiger partial charge in [0, 0.05) is 10.6 Å². The molecule has 2 saturated heterocycles. The fourth-order valence-corrected chi connectivity index (χ4v) is 4.46. The van der Waals surface area contributed by atoms with Crippen LogP contribution in [0.3, 0.4) is 0 Å². The van der Waals surface area contributed by atoms with E-state index >= 15 is 0 Å². The standard InChI is InChI=1S/C21H24ClN3O4/c1-11-5-6-12(9-13(11)22)25-17(26)15-14-7-8-21(29-14,16(15)18(25)27)10-23-19(28)24-20(2,3)4/h5-9,14-16H,10H2,1-4H3,(H2,23,24,28)/t14-,15-,16+,21+/m1/s1. The van der Waals surface area contributed by atoms with Gasteiger partial charge in [-0.2, -0.15) is 0 Å². The first kappa shape index (κ1) is 19.9. The second kappa shape index (κ2) is 6.57. The molecule has 3 aliphatic heterocycles. The highest BCUT2D eigenvalue weighted by molar-refractivity contribution is 6.32. The molecule has 3 heterocycles. The molecule has 1 aromatic carbocycles. The quantitative estimate of drug-likeness (QED) is 0.584. The normalized spacial score (nSPS) is 30.1. The first-order valence-corrected chi connectivity index (χ1v) is 9.97. The number of anilines is 1. The Labute approximate surface area is 174 Å². The van der Waals surface area contributed by atoms with Gasteiger partial charge in [-0.25, -0.2) is 9.69 Å². The van der Waals surface area contributed by atoms with E-state index in [1.165, 1.54) is 4.90 Å². The van der Waals surface area contributed by atoms with Gasteiger partial charge in [-0.3, -0.25) is 9.59 Å². The number of nitrogens with one attached hydrogen (secondary N) is 2. The molecule has 0 saturated carbocycles. The number of fused-ring (bicyclic) bond motifs is 5. The molecule has 0 aromatic heterocycles. The monoisotopic (exact) mass is 417 g/mol. The molecule has 0 aliphatic carbocycles. The van der Waals surface area contributed by atoms with Gasteiger partial charge in [0.05, 0.1) is 30.2 Å². The molecule has 7 nitrogen and oxygen atoms in total. The van der Waals surface area contributed by atoms with E-state index in [1.54, 1.807) is 30.4 Å². The zero-order chi connectivity index (χ0) is 21.1. The minimum Gasteiger partial charge on any atom is -0.360 e. The summed E-state index contributed by atoms with van der Waals surface area (Å²) in [5.74, 6) is -1.90. The van der Waals surface area contributed by atoms with E-state index < -0.39 is 29.1 Å². The number of urea groups is 1.